The molecule has 26 heavy (non-hydrogen) atoms. The molecule has 3 N–H and O–H groups in total. The van der Waals surface area contributed by atoms with Gasteiger partial charge in [-0.25, -0.2) is 13.1 Å². The van der Waals surface area contributed by atoms with E-state index in [1.165, 1.54) is 32.4 Å². The number of aliphatic carboxylic acids is 1. The highest BCUT2D eigenvalue weighted by atomic mass is 32.2. The molecule has 0 aromatic heterocycles. The number of amides is 1. The van der Waals surface area contributed by atoms with Gasteiger partial charge in [0, 0.05) is 25.6 Å². The Hall–Kier alpha value is -2.33. The number of hydrogen-bond acceptors (Lipinski definition) is 6. The maximum Gasteiger partial charge on any atom is 0.311 e. The number of carboxylic acids is 1. The summed E-state index contributed by atoms with van der Waals surface area (Å²) in [5.41, 5.74) is -0.852. The Labute approximate surface area is 151 Å². The van der Waals surface area contributed by atoms with Crippen molar-refractivity contribution in [1.29, 1.82) is 0 Å². The summed E-state index contributed by atoms with van der Waals surface area (Å²) in [7, 11) is -0.976. The number of carbonyl (C=O) groups is 2. The Bertz CT molecular complexity index is 788. The second-order valence-corrected chi connectivity index (χ2v) is 7.79. The highest BCUT2D eigenvalue weighted by Crippen LogP contribution is 2.45. The molecule has 1 aromatic rings. The van der Waals surface area contributed by atoms with Gasteiger partial charge in [0.15, 0.2) is 11.5 Å². The third-order valence-electron chi connectivity index (χ3n) is 4.24. The quantitative estimate of drug-likeness (QED) is 0.529. The van der Waals surface area contributed by atoms with E-state index in [4.69, 9.17) is 14.6 Å². The zero-order valence-corrected chi connectivity index (χ0v) is 15.4. The summed E-state index contributed by atoms with van der Waals surface area (Å²) in [6, 6.07) is 4.17. The molecular formula is C16H22N2O7S. The fourth-order valence-electron chi connectivity index (χ4n) is 2.34. The van der Waals surface area contributed by atoms with Crippen LogP contribution in [0.5, 0.6) is 11.5 Å². The molecule has 0 unspecified atom stereocenters. The summed E-state index contributed by atoms with van der Waals surface area (Å²) in [5, 5.41) is 11.6. The van der Waals surface area contributed by atoms with Crippen LogP contribution < -0.4 is 19.5 Å². The second kappa shape index (κ2) is 7.92. The first-order valence-electron chi connectivity index (χ1n) is 7.96. The standard InChI is InChI=1S/C16H22N2O7S/c1-24-12-4-3-11(9-13(12)25-2)26(22,23)18-8-5-14(19)17-10-16(6-7-16)15(20)21/h3-4,9,18H,5-8,10H2,1-2H3,(H,17,19)(H,20,21). The Morgan fingerprint density at radius 2 is 1.85 bits per heavy atom. The van der Waals surface area contributed by atoms with E-state index in [0.29, 0.717) is 18.6 Å². The minimum absolute atomic E-state index is 0.0154. The van der Waals surface area contributed by atoms with E-state index in [9.17, 15) is 18.0 Å². The van der Waals surface area contributed by atoms with Crippen LogP contribution in [0.25, 0.3) is 0 Å². The van der Waals surface area contributed by atoms with Gasteiger partial charge in [-0.15, -0.1) is 0 Å². The van der Waals surface area contributed by atoms with Crippen LogP contribution in [0.2, 0.25) is 0 Å². The van der Waals surface area contributed by atoms with Crippen LogP contribution in [0, 0.1) is 5.41 Å². The first-order valence-corrected chi connectivity index (χ1v) is 9.44. The number of hydrogen-bond donors (Lipinski definition) is 3. The van der Waals surface area contributed by atoms with E-state index in [1.54, 1.807) is 0 Å². The molecule has 0 saturated heterocycles. The number of carboxylic acid groups (broad SMARTS) is 1. The first-order chi connectivity index (χ1) is 12.2. The number of sulfonamides is 1. The van der Waals surface area contributed by atoms with E-state index in [2.05, 4.69) is 10.0 Å². The zero-order valence-electron chi connectivity index (χ0n) is 14.6. The van der Waals surface area contributed by atoms with Gasteiger partial charge in [0.25, 0.3) is 0 Å². The summed E-state index contributed by atoms with van der Waals surface area (Å²) in [5.74, 6) is -0.658. The van der Waals surface area contributed by atoms with Crippen molar-refractivity contribution in [3.8, 4) is 11.5 Å². The van der Waals surface area contributed by atoms with Gasteiger partial charge in [-0.05, 0) is 25.0 Å². The van der Waals surface area contributed by atoms with Crippen molar-refractivity contribution in [3.63, 3.8) is 0 Å². The van der Waals surface area contributed by atoms with Crippen molar-refractivity contribution in [2.75, 3.05) is 27.3 Å². The highest BCUT2D eigenvalue weighted by Gasteiger charge is 2.50. The van der Waals surface area contributed by atoms with Crippen molar-refractivity contribution in [2.24, 2.45) is 5.41 Å². The third kappa shape index (κ3) is 4.64. The molecule has 1 amide bonds. The topological polar surface area (TPSA) is 131 Å². The summed E-state index contributed by atoms with van der Waals surface area (Å²) in [6.07, 6.45) is 0.977. The number of methoxy groups -OCH3 is 2. The molecule has 0 atom stereocenters. The molecule has 0 radical (unpaired) electrons. The molecule has 1 aromatic carbocycles. The van der Waals surface area contributed by atoms with E-state index in [0.717, 1.165) is 0 Å². The molecule has 0 spiro atoms. The van der Waals surface area contributed by atoms with Crippen LogP contribution in [0.3, 0.4) is 0 Å². The normalized spacial score (nSPS) is 15.2. The first kappa shape index (κ1) is 20.0. The molecule has 1 aliphatic carbocycles. The summed E-state index contributed by atoms with van der Waals surface area (Å²) < 4.78 is 37.0. The van der Waals surface area contributed by atoms with Crippen molar-refractivity contribution in [2.45, 2.75) is 24.2 Å². The lowest BCUT2D eigenvalue weighted by Gasteiger charge is -2.12. The van der Waals surface area contributed by atoms with Gasteiger partial charge in [0.05, 0.1) is 24.5 Å². The van der Waals surface area contributed by atoms with Crippen LogP contribution in [0.4, 0.5) is 0 Å². The number of nitrogens with one attached hydrogen (secondary N) is 2. The second-order valence-electron chi connectivity index (χ2n) is 6.03. The van der Waals surface area contributed by atoms with Crippen LogP contribution in [-0.4, -0.2) is 52.7 Å². The monoisotopic (exact) mass is 386 g/mol. The Balaban J connectivity index is 1.86. The Morgan fingerprint density at radius 1 is 1.19 bits per heavy atom. The van der Waals surface area contributed by atoms with Gasteiger partial charge in [0.2, 0.25) is 15.9 Å². The molecule has 1 saturated carbocycles. The molecular weight excluding hydrogens is 364 g/mol. The SMILES string of the molecule is COc1ccc(S(=O)(=O)NCCC(=O)NCC2(C(=O)O)CC2)cc1OC. The number of rotatable bonds is 10. The summed E-state index contributed by atoms with van der Waals surface area (Å²) in [6.45, 7) is -0.0494. The lowest BCUT2D eigenvalue weighted by atomic mass is 10.1. The molecule has 9 nitrogen and oxygen atoms in total. The zero-order chi connectivity index (χ0) is 19.4. The van der Waals surface area contributed by atoms with E-state index in [-0.39, 0.29) is 30.2 Å². The fourth-order valence-corrected chi connectivity index (χ4v) is 3.39. The van der Waals surface area contributed by atoms with Gasteiger partial charge in [0.1, 0.15) is 0 Å². The van der Waals surface area contributed by atoms with Gasteiger partial charge in [-0.1, -0.05) is 0 Å². The minimum atomic E-state index is -3.82. The number of ether oxygens (including phenoxy) is 2. The Kier molecular flexibility index (Phi) is 6.09. The fraction of sp³-hybridized carbons (Fsp3) is 0.500. The van der Waals surface area contributed by atoms with Gasteiger partial charge in [-0.3, -0.25) is 9.59 Å². The van der Waals surface area contributed by atoms with Crippen LogP contribution in [0.15, 0.2) is 23.1 Å². The van der Waals surface area contributed by atoms with Crippen molar-refractivity contribution < 1.29 is 32.6 Å². The van der Waals surface area contributed by atoms with Crippen molar-refractivity contribution in [3.05, 3.63) is 18.2 Å². The minimum Gasteiger partial charge on any atom is -0.493 e. The average molecular weight is 386 g/mol. The molecule has 0 bridgehead atoms. The predicted molar refractivity (Wildman–Crippen MR) is 91.7 cm³/mol. The molecule has 1 fully saturated rings. The smallest absolute Gasteiger partial charge is 0.311 e. The lowest BCUT2D eigenvalue weighted by Crippen LogP contribution is -2.36. The maximum atomic E-state index is 12.3. The summed E-state index contributed by atoms with van der Waals surface area (Å²) >= 11 is 0. The van der Waals surface area contributed by atoms with Crippen LogP contribution in [-0.2, 0) is 19.6 Å². The molecule has 0 heterocycles. The average Bonchev–Trinajstić information content (AvgIpc) is 3.40. The number of carbonyl (C=O) groups excluding carboxylic acids is 1. The van der Waals surface area contributed by atoms with Crippen molar-refractivity contribution >= 4 is 21.9 Å². The summed E-state index contributed by atoms with van der Waals surface area (Å²) in [4.78, 5) is 22.8. The van der Waals surface area contributed by atoms with Gasteiger partial charge in [-0.2, -0.15) is 0 Å². The largest absolute Gasteiger partial charge is 0.493 e. The molecule has 10 heteroatoms. The van der Waals surface area contributed by atoms with Crippen molar-refractivity contribution in [1.82, 2.24) is 10.0 Å². The van der Waals surface area contributed by atoms with E-state index in [1.807, 2.05) is 0 Å². The molecule has 2 rings (SSSR count). The Morgan fingerprint density at radius 3 is 2.38 bits per heavy atom. The third-order valence-corrected chi connectivity index (χ3v) is 5.70. The maximum absolute atomic E-state index is 12.3. The number of benzene rings is 1. The highest BCUT2D eigenvalue weighted by molar-refractivity contribution is 7.89. The van der Waals surface area contributed by atoms with Crippen LogP contribution in [0.1, 0.15) is 19.3 Å². The van der Waals surface area contributed by atoms with Crippen LogP contribution >= 0.6 is 0 Å². The molecule has 0 aliphatic heterocycles. The molecule has 1 aliphatic rings. The van der Waals surface area contributed by atoms with Gasteiger partial charge < -0.3 is 19.9 Å². The van der Waals surface area contributed by atoms with E-state index < -0.39 is 27.3 Å². The van der Waals surface area contributed by atoms with E-state index >= 15 is 0 Å². The molecule has 144 valence electrons. The lowest BCUT2D eigenvalue weighted by molar-refractivity contribution is -0.143. The predicted octanol–water partition coefficient (Wildman–Crippen LogP) is 0.353. The van der Waals surface area contributed by atoms with Gasteiger partial charge >= 0.3 is 5.97 Å².